The highest BCUT2D eigenvalue weighted by Gasteiger charge is 2.06. The van der Waals surface area contributed by atoms with Crippen LogP contribution in [-0.4, -0.2) is 14.5 Å². The van der Waals surface area contributed by atoms with Crippen molar-refractivity contribution in [1.29, 1.82) is 0 Å². The van der Waals surface area contributed by atoms with Crippen molar-refractivity contribution in [2.75, 3.05) is 0 Å². The molecule has 4 heteroatoms. The largest absolute Gasteiger partial charge is 0.487 e. The van der Waals surface area contributed by atoms with Gasteiger partial charge in [0.2, 0.25) is 0 Å². The SMILES string of the molecule is Cc1ccc(OCc2cn3ccccc3n2)c(CO)c1. The molecule has 1 aromatic carbocycles. The van der Waals surface area contributed by atoms with Crippen LogP contribution in [0.5, 0.6) is 5.75 Å². The third-order valence-electron chi connectivity index (χ3n) is 3.18. The van der Waals surface area contributed by atoms with Crippen molar-refractivity contribution in [3.05, 3.63) is 65.6 Å². The Morgan fingerprint density at radius 2 is 2.15 bits per heavy atom. The van der Waals surface area contributed by atoms with Gasteiger partial charge < -0.3 is 14.2 Å². The van der Waals surface area contributed by atoms with Gasteiger partial charge in [-0.1, -0.05) is 23.8 Å². The molecule has 0 aliphatic carbocycles. The van der Waals surface area contributed by atoms with Crippen molar-refractivity contribution in [1.82, 2.24) is 9.38 Å². The normalized spacial score (nSPS) is 10.9. The predicted molar refractivity (Wildman–Crippen MR) is 76.6 cm³/mol. The Labute approximate surface area is 117 Å². The Kier molecular flexibility index (Phi) is 3.39. The highest BCUT2D eigenvalue weighted by Crippen LogP contribution is 2.21. The van der Waals surface area contributed by atoms with Gasteiger partial charge in [-0.2, -0.15) is 0 Å². The summed E-state index contributed by atoms with van der Waals surface area (Å²) in [6.45, 7) is 2.35. The van der Waals surface area contributed by atoms with Crippen LogP contribution >= 0.6 is 0 Å². The van der Waals surface area contributed by atoms with Gasteiger partial charge in [-0.25, -0.2) is 4.98 Å². The summed E-state index contributed by atoms with van der Waals surface area (Å²) in [5.74, 6) is 0.704. The lowest BCUT2D eigenvalue weighted by Crippen LogP contribution is -1.99. The molecule has 0 fully saturated rings. The molecule has 2 heterocycles. The number of ether oxygens (including phenoxy) is 1. The van der Waals surface area contributed by atoms with Crippen LogP contribution in [0.25, 0.3) is 5.65 Å². The molecule has 3 rings (SSSR count). The molecule has 2 aromatic heterocycles. The summed E-state index contributed by atoms with van der Waals surface area (Å²) in [4.78, 5) is 4.48. The Morgan fingerprint density at radius 1 is 1.25 bits per heavy atom. The molecule has 0 radical (unpaired) electrons. The summed E-state index contributed by atoms with van der Waals surface area (Å²) < 4.78 is 7.72. The van der Waals surface area contributed by atoms with Crippen LogP contribution in [0, 0.1) is 6.92 Å². The number of aliphatic hydroxyl groups excluding tert-OH is 1. The van der Waals surface area contributed by atoms with Gasteiger partial charge in [0.05, 0.1) is 12.3 Å². The van der Waals surface area contributed by atoms with Crippen molar-refractivity contribution in [2.45, 2.75) is 20.1 Å². The van der Waals surface area contributed by atoms with Gasteiger partial charge in [0.25, 0.3) is 0 Å². The number of pyridine rings is 1. The second-order valence-corrected chi connectivity index (χ2v) is 4.76. The van der Waals surface area contributed by atoms with E-state index in [1.807, 2.05) is 60.1 Å². The third kappa shape index (κ3) is 2.51. The number of nitrogens with zero attached hydrogens (tertiary/aromatic N) is 2. The number of imidazole rings is 1. The smallest absolute Gasteiger partial charge is 0.137 e. The maximum Gasteiger partial charge on any atom is 0.137 e. The van der Waals surface area contributed by atoms with Crippen LogP contribution < -0.4 is 4.74 Å². The highest BCUT2D eigenvalue weighted by atomic mass is 16.5. The Bertz CT molecular complexity index is 701. The summed E-state index contributed by atoms with van der Waals surface area (Å²) in [6.07, 6.45) is 3.90. The number of aryl methyl sites for hydroxylation is 1. The zero-order valence-electron chi connectivity index (χ0n) is 11.3. The van der Waals surface area contributed by atoms with Gasteiger partial charge in [-0.15, -0.1) is 0 Å². The van der Waals surface area contributed by atoms with E-state index in [-0.39, 0.29) is 6.61 Å². The number of hydrogen-bond acceptors (Lipinski definition) is 3. The third-order valence-corrected chi connectivity index (χ3v) is 3.18. The zero-order valence-corrected chi connectivity index (χ0v) is 11.3. The molecular weight excluding hydrogens is 252 g/mol. The van der Waals surface area contributed by atoms with E-state index in [2.05, 4.69) is 4.98 Å². The number of hydrogen-bond donors (Lipinski definition) is 1. The molecule has 0 amide bonds. The van der Waals surface area contributed by atoms with E-state index < -0.39 is 0 Å². The Morgan fingerprint density at radius 3 is 2.95 bits per heavy atom. The molecule has 0 bridgehead atoms. The molecule has 20 heavy (non-hydrogen) atoms. The van der Waals surface area contributed by atoms with Gasteiger partial charge in [0.1, 0.15) is 18.0 Å². The topological polar surface area (TPSA) is 46.8 Å². The van der Waals surface area contributed by atoms with Crippen LogP contribution in [-0.2, 0) is 13.2 Å². The lowest BCUT2D eigenvalue weighted by molar-refractivity contribution is 0.257. The molecule has 4 nitrogen and oxygen atoms in total. The maximum absolute atomic E-state index is 9.35. The highest BCUT2D eigenvalue weighted by molar-refractivity contribution is 5.40. The Hall–Kier alpha value is -2.33. The molecule has 0 atom stereocenters. The fraction of sp³-hybridized carbons (Fsp3) is 0.188. The lowest BCUT2D eigenvalue weighted by atomic mass is 10.1. The quantitative estimate of drug-likeness (QED) is 0.791. The number of rotatable bonds is 4. The van der Waals surface area contributed by atoms with Crippen LogP contribution in [0.2, 0.25) is 0 Å². The molecule has 0 spiro atoms. The van der Waals surface area contributed by atoms with Crippen molar-refractivity contribution in [3.8, 4) is 5.75 Å². The minimum absolute atomic E-state index is 0.0256. The van der Waals surface area contributed by atoms with Crippen LogP contribution in [0.1, 0.15) is 16.8 Å². The Balaban J connectivity index is 1.79. The summed E-state index contributed by atoms with van der Waals surface area (Å²) in [6, 6.07) is 11.7. The number of aromatic nitrogens is 2. The standard InChI is InChI=1S/C16H16N2O2/c1-12-5-6-15(13(8-12)10-19)20-11-14-9-18-7-3-2-4-16(18)17-14/h2-9,19H,10-11H2,1H3. The maximum atomic E-state index is 9.35. The summed E-state index contributed by atoms with van der Waals surface area (Å²) >= 11 is 0. The average Bonchev–Trinajstić information content (AvgIpc) is 2.88. The zero-order chi connectivity index (χ0) is 13.9. The second-order valence-electron chi connectivity index (χ2n) is 4.76. The minimum atomic E-state index is -0.0256. The van der Waals surface area contributed by atoms with Crippen molar-refractivity contribution in [2.24, 2.45) is 0 Å². The minimum Gasteiger partial charge on any atom is -0.487 e. The lowest BCUT2D eigenvalue weighted by Gasteiger charge is -2.09. The summed E-state index contributed by atoms with van der Waals surface area (Å²) in [5.41, 5.74) is 3.67. The molecule has 3 aromatic rings. The fourth-order valence-corrected chi connectivity index (χ4v) is 2.18. The number of benzene rings is 1. The average molecular weight is 268 g/mol. The number of fused-ring (bicyclic) bond motifs is 1. The van der Waals surface area contributed by atoms with Crippen molar-refractivity contribution in [3.63, 3.8) is 0 Å². The van der Waals surface area contributed by atoms with Gasteiger partial charge in [-0.05, 0) is 25.1 Å². The summed E-state index contributed by atoms with van der Waals surface area (Å²) in [7, 11) is 0. The van der Waals surface area contributed by atoms with Gasteiger partial charge in [0, 0.05) is 18.0 Å². The molecule has 0 aliphatic rings. The van der Waals surface area contributed by atoms with E-state index in [0.717, 1.165) is 22.5 Å². The summed E-state index contributed by atoms with van der Waals surface area (Å²) in [5, 5.41) is 9.35. The van der Waals surface area contributed by atoms with E-state index in [9.17, 15) is 5.11 Å². The van der Waals surface area contributed by atoms with E-state index in [1.54, 1.807) is 0 Å². The van der Waals surface area contributed by atoms with Crippen LogP contribution in [0.4, 0.5) is 0 Å². The predicted octanol–water partition coefficient (Wildman–Crippen LogP) is 2.71. The molecule has 0 unspecified atom stereocenters. The van der Waals surface area contributed by atoms with Gasteiger partial charge >= 0.3 is 0 Å². The van der Waals surface area contributed by atoms with E-state index >= 15 is 0 Å². The van der Waals surface area contributed by atoms with Crippen molar-refractivity contribution >= 4 is 5.65 Å². The molecular formula is C16H16N2O2. The van der Waals surface area contributed by atoms with Crippen LogP contribution in [0.3, 0.4) is 0 Å². The van der Waals surface area contributed by atoms with E-state index in [4.69, 9.17) is 4.74 Å². The first kappa shape index (κ1) is 12.7. The number of aliphatic hydroxyl groups is 1. The first-order valence-corrected chi connectivity index (χ1v) is 6.52. The van der Waals surface area contributed by atoms with Gasteiger partial charge in [-0.3, -0.25) is 0 Å². The molecule has 0 saturated heterocycles. The van der Waals surface area contributed by atoms with E-state index in [0.29, 0.717) is 12.4 Å². The van der Waals surface area contributed by atoms with E-state index in [1.165, 1.54) is 0 Å². The molecule has 0 saturated carbocycles. The van der Waals surface area contributed by atoms with Gasteiger partial charge in [0.15, 0.2) is 0 Å². The first-order valence-electron chi connectivity index (χ1n) is 6.52. The monoisotopic (exact) mass is 268 g/mol. The fourth-order valence-electron chi connectivity index (χ4n) is 2.18. The second kappa shape index (κ2) is 5.35. The molecule has 1 N–H and O–H groups in total. The molecule has 0 aliphatic heterocycles. The molecule has 102 valence electrons. The van der Waals surface area contributed by atoms with Crippen molar-refractivity contribution < 1.29 is 9.84 Å². The van der Waals surface area contributed by atoms with Crippen LogP contribution in [0.15, 0.2) is 48.8 Å². The first-order chi connectivity index (χ1) is 9.76.